The van der Waals surface area contributed by atoms with Crippen molar-refractivity contribution in [1.82, 2.24) is 15.0 Å². The first-order valence-electron chi connectivity index (χ1n) is 19.9. The topological polar surface area (TPSA) is 54.3 Å². The van der Waals surface area contributed by atoms with Crippen molar-refractivity contribution in [1.29, 1.82) is 0 Å². The van der Waals surface area contributed by atoms with Crippen LogP contribution >= 0.6 is 0 Å². The van der Waals surface area contributed by atoms with Gasteiger partial charge in [0.15, 0.2) is 17.5 Å². The van der Waals surface area contributed by atoms with Crippen LogP contribution in [-0.2, 0) is 6.42 Å². The molecule has 2 unspecified atom stereocenters. The molecular formula is C53H35N5. The number of amidine groups is 1. The van der Waals surface area contributed by atoms with Gasteiger partial charge in [0.2, 0.25) is 0 Å². The molecule has 272 valence electrons. The van der Waals surface area contributed by atoms with E-state index in [1.54, 1.807) is 0 Å². The standard InChI is InChI=1S/C53H35N5/c1-2-13-33(14-3-1)53-54-48-23-10-11-24-49(48)58(53)39-17-12-16-35(31-39)50-55-51(36-25-27-41-38(30-36)29-34-15-4-5-18-40(34)41)57-52(56-50)37-26-28-46-44-21-7-6-19-42(44)43-20-8-9-22-45(43)47(46)32-37/h1-28,30-32,48-49H,29H2. The molecule has 58 heavy (non-hydrogen) atoms. The monoisotopic (exact) mass is 741 g/mol. The van der Waals surface area contributed by atoms with E-state index in [2.05, 4.69) is 187 Å². The molecule has 1 aromatic heterocycles. The van der Waals surface area contributed by atoms with E-state index in [0.717, 1.165) is 40.2 Å². The molecule has 9 aromatic rings. The molecule has 0 saturated carbocycles. The number of rotatable bonds is 5. The van der Waals surface area contributed by atoms with Gasteiger partial charge in [0.25, 0.3) is 0 Å². The molecule has 5 heteroatoms. The molecular weight excluding hydrogens is 707 g/mol. The smallest absolute Gasteiger partial charge is 0.164 e. The highest BCUT2D eigenvalue weighted by molar-refractivity contribution is 6.25. The van der Waals surface area contributed by atoms with Crippen LogP contribution in [0.4, 0.5) is 5.69 Å². The van der Waals surface area contributed by atoms with Crippen molar-refractivity contribution in [3.05, 3.63) is 205 Å². The maximum Gasteiger partial charge on any atom is 0.164 e. The second-order valence-corrected chi connectivity index (χ2v) is 15.4. The van der Waals surface area contributed by atoms with Crippen LogP contribution in [0.2, 0.25) is 0 Å². The Labute approximate surface area is 336 Å². The molecule has 5 nitrogen and oxygen atoms in total. The lowest BCUT2D eigenvalue weighted by Gasteiger charge is -2.29. The van der Waals surface area contributed by atoms with E-state index >= 15 is 0 Å². The number of hydrogen-bond acceptors (Lipinski definition) is 5. The molecule has 0 N–H and O–H groups in total. The molecule has 0 radical (unpaired) electrons. The Kier molecular flexibility index (Phi) is 7.35. The number of aromatic nitrogens is 3. The minimum absolute atomic E-state index is 0.0336. The first-order valence-corrected chi connectivity index (χ1v) is 19.9. The fourth-order valence-electron chi connectivity index (χ4n) is 9.27. The predicted molar refractivity (Wildman–Crippen MR) is 238 cm³/mol. The lowest BCUT2D eigenvalue weighted by Crippen LogP contribution is -2.39. The normalized spacial score (nSPS) is 16.5. The molecule has 0 fully saturated rings. The summed E-state index contributed by atoms with van der Waals surface area (Å²) in [5.74, 6) is 2.88. The molecule has 8 aromatic carbocycles. The lowest BCUT2D eigenvalue weighted by atomic mass is 9.93. The Bertz CT molecular complexity index is 3200. The molecule has 2 heterocycles. The van der Waals surface area contributed by atoms with Gasteiger partial charge in [-0.2, -0.15) is 0 Å². The van der Waals surface area contributed by atoms with Crippen LogP contribution in [0, 0.1) is 0 Å². The van der Waals surface area contributed by atoms with Crippen molar-refractivity contribution in [3.63, 3.8) is 0 Å². The van der Waals surface area contributed by atoms with Crippen LogP contribution in [0.25, 0.3) is 77.6 Å². The number of allylic oxidation sites excluding steroid dienone is 2. The highest BCUT2D eigenvalue weighted by Gasteiger charge is 2.36. The first-order chi connectivity index (χ1) is 28.7. The molecule has 3 aliphatic rings. The molecule has 2 aliphatic carbocycles. The van der Waals surface area contributed by atoms with E-state index in [-0.39, 0.29) is 12.1 Å². The molecule has 0 bridgehead atoms. The summed E-state index contributed by atoms with van der Waals surface area (Å²) < 4.78 is 0. The van der Waals surface area contributed by atoms with Gasteiger partial charge in [-0.05, 0) is 85.3 Å². The van der Waals surface area contributed by atoms with Crippen LogP contribution in [0.15, 0.2) is 193 Å². The van der Waals surface area contributed by atoms with Gasteiger partial charge in [0.05, 0.1) is 12.1 Å². The molecule has 2 atom stereocenters. The van der Waals surface area contributed by atoms with E-state index in [9.17, 15) is 0 Å². The third-order valence-corrected chi connectivity index (χ3v) is 12.0. The van der Waals surface area contributed by atoms with Gasteiger partial charge in [0.1, 0.15) is 5.84 Å². The van der Waals surface area contributed by atoms with Gasteiger partial charge in [-0.3, -0.25) is 4.99 Å². The highest BCUT2D eigenvalue weighted by Crippen LogP contribution is 2.40. The maximum absolute atomic E-state index is 5.28. The molecule has 0 saturated heterocycles. The minimum Gasteiger partial charge on any atom is -0.317 e. The molecule has 12 rings (SSSR count). The summed E-state index contributed by atoms with van der Waals surface area (Å²) in [6, 6.07) is 58.5. The van der Waals surface area contributed by atoms with Crippen molar-refractivity contribution in [2.75, 3.05) is 4.90 Å². The van der Waals surface area contributed by atoms with Crippen LogP contribution < -0.4 is 4.90 Å². The largest absolute Gasteiger partial charge is 0.317 e. The van der Waals surface area contributed by atoms with Crippen molar-refractivity contribution >= 4 is 43.8 Å². The van der Waals surface area contributed by atoms with E-state index < -0.39 is 0 Å². The lowest BCUT2D eigenvalue weighted by molar-refractivity contribution is 0.739. The SMILES string of the molecule is C1=CC2N=C(c3ccccc3)N(c3cccc(-c4nc(-c5ccc6c(c5)Cc5ccccc5-6)nc(-c5ccc6c7ccccc7c7ccccc7c6c5)n4)c3)C2C=C1. The Hall–Kier alpha value is -7.50. The van der Waals surface area contributed by atoms with E-state index in [1.807, 2.05) is 6.07 Å². The predicted octanol–water partition coefficient (Wildman–Crippen LogP) is 12.0. The summed E-state index contributed by atoms with van der Waals surface area (Å²) in [5.41, 5.74) is 10.2. The van der Waals surface area contributed by atoms with Crippen LogP contribution in [0.5, 0.6) is 0 Å². The van der Waals surface area contributed by atoms with Gasteiger partial charge >= 0.3 is 0 Å². The zero-order valence-corrected chi connectivity index (χ0v) is 31.5. The van der Waals surface area contributed by atoms with Gasteiger partial charge in [-0.1, -0.05) is 164 Å². The van der Waals surface area contributed by atoms with E-state index in [0.29, 0.717) is 17.5 Å². The molecule has 0 spiro atoms. The van der Waals surface area contributed by atoms with E-state index in [1.165, 1.54) is 54.6 Å². The second kappa shape index (κ2) is 13.0. The van der Waals surface area contributed by atoms with Gasteiger partial charge < -0.3 is 4.90 Å². The zero-order valence-electron chi connectivity index (χ0n) is 31.5. The number of anilines is 1. The van der Waals surface area contributed by atoms with Crippen molar-refractivity contribution in [3.8, 4) is 45.3 Å². The van der Waals surface area contributed by atoms with Gasteiger partial charge in [-0.25, -0.2) is 15.0 Å². The van der Waals surface area contributed by atoms with Crippen molar-refractivity contribution in [2.24, 2.45) is 4.99 Å². The fraction of sp³-hybridized carbons (Fsp3) is 0.0566. The summed E-state index contributed by atoms with van der Waals surface area (Å²) in [4.78, 5) is 23.4. The Balaban J connectivity index is 1.03. The van der Waals surface area contributed by atoms with Gasteiger partial charge in [-0.15, -0.1) is 0 Å². The van der Waals surface area contributed by atoms with Crippen LogP contribution in [-0.4, -0.2) is 32.9 Å². The summed E-state index contributed by atoms with van der Waals surface area (Å²) >= 11 is 0. The first kappa shape index (κ1) is 32.7. The Morgan fingerprint density at radius 3 is 1.74 bits per heavy atom. The Morgan fingerprint density at radius 1 is 0.414 bits per heavy atom. The summed E-state index contributed by atoms with van der Waals surface area (Å²) in [6.07, 6.45) is 9.54. The fourth-order valence-corrected chi connectivity index (χ4v) is 9.27. The summed E-state index contributed by atoms with van der Waals surface area (Å²) in [6.45, 7) is 0. The van der Waals surface area contributed by atoms with Gasteiger partial charge in [0, 0.05) is 27.9 Å². The van der Waals surface area contributed by atoms with E-state index in [4.69, 9.17) is 19.9 Å². The third kappa shape index (κ3) is 5.24. The van der Waals surface area contributed by atoms with Crippen LogP contribution in [0.3, 0.4) is 0 Å². The summed E-state index contributed by atoms with van der Waals surface area (Å²) in [5, 5.41) is 7.34. The number of aliphatic imine (C=N–C) groups is 1. The number of nitrogens with zero attached hydrogens (tertiary/aromatic N) is 5. The third-order valence-electron chi connectivity index (χ3n) is 12.0. The second-order valence-electron chi connectivity index (χ2n) is 15.4. The average molecular weight is 742 g/mol. The minimum atomic E-state index is 0.0336. The number of fused-ring (bicyclic) bond motifs is 10. The number of benzene rings is 8. The number of hydrogen-bond donors (Lipinski definition) is 0. The maximum atomic E-state index is 5.28. The Morgan fingerprint density at radius 2 is 0.983 bits per heavy atom. The average Bonchev–Trinajstić information content (AvgIpc) is 3.88. The highest BCUT2D eigenvalue weighted by atomic mass is 15.3. The van der Waals surface area contributed by atoms with Crippen molar-refractivity contribution < 1.29 is 0 Å². The summed E-state index contributed by atoms with van der Waals surface area (Å²) in [7, 11) is 0. The quantitative estimate of drug-likeness (QED) is 0.165. The van der Waals surface area contributed by atoms with Crippen LogP contribution in [0.1, 0.15) is 16.7 Å². The zero-order chi connectivity index (χ0) is 38.2. The van der Waals surface area contributed by atoms with Crippen molar-refractivity contribution in [2.45, 2.75) is 18.5 Å². The molecule has 0 amide bonds. The molecule has 1 aliphatic heterocycles.